The van der Waals surface area contributed by atoms with Gasteiger partial charge in [-0.25, -0.2) is 4.79 Å². The molecular formula is C23H22O4. The molecule has 4 heteroatoms. The zero-order chi connectivity index (χ0) is 19.2. The number of rotatable bonds is 6. The number of hydrogen-bond acceptors (Lipinski definition) is 4. The largest absolute Gasteiger partial charge is 0.493 e. The number of esters is 1. The summed E-state index contributed by atoms with van der Waals surface area (Å²) in [4.78, 5) is 12.8. The van der Waals surface area contributed by atoms with Gasteiger partial charge in [0.25, 0.3) is 0 Å². The molecule has 27 heavy (non-hydrogen) atoms. The van der Waals surface area contributed by atoms with Gasteiger partial charge in [0.15, 0.2) is 11.5 Å². The minimum Gasteiger partial charge on any atom is -0.493 e. The van der Waals surface area contributed by atoms with E-state index in [1.54, 1.807) is 27.2 Å². The minimum atomic E-state index is -0.376. The minimum absolute atomic E-state index is 0.302. The zero-order valence-electron chi connectivity index (χ0n) is 15.7. The number of methoxy groups -OCH3 is 2. The van der Waals surface area contributed by atoms with Crippen LogP contribution in [0.1, 0.15) is 18.1 Å². The highest BCUT2D eigenvalue weighted by Gasteiger charge is 2.18. The molecule has 0 spiro atoms. The second-order valence-corrected chi connectivity index (χ2v) is 5.89. The highest BCUT2D eigenvalue weighted by molar-refractivity contribution is 6.24. The number of carbonyl (C=O) groups excluding carboxylic acids is 1. The first-order chi connectivity index (χ1) is 13.2. The standard InChI is InChI=1S/C23H22O4/c1-4-27-23(24)20(15-17-11-8-14-21(25-2)22(17)26-3)19-13-7-10-16-9-5-6-12-18(16)19/h5-15H,4H2,1-3H3/b20-15+. The number of carbonyl (C=O) groups is 1. The Kier molecular flexibility index (Phi) is 5.77. The molecule has 0 atom stereocenters. The van der Waals surface area contributed by atoms with Crippen LogP contribution in [0.2, 0.25) is 0 Å². The second kappa shape index (κ2) is 8.41. The van der Waals surface area contributed by atoms with Crippen molar-refractivity contribution >= 4 is 28.4 Å². The Hall–Kier alpha value is -3.27. The van der Waals surface area contributed by atoms with Crippen molar-refractivity contribution < 1.29 is 19.0 Å². The van der Waals surface area contributed by atoms with Gasteiger partial charge in [0, 0.05) is 5.56 Å². The van der Waals surface area contributed by atoms with Gasteiger partial charge in [-0.1, -0.05) is 54.6 Å². The van der Waals surface area contributed by atoms with E-state index in [-0.39, 0.29) is 5.97 Å². The predicted octanol–water partition coefficient (Wildman–Crippen LogP) is 4.96. The summed E-state index contributed by atoms with van der Waals surface area (Å²) in [6.45, 7) is 2.10. The second-order valence-electron chi connectivity index (χ2n) is 5.89. The molecule has 0 fully saturated rings. The lowest BCUT2D eigenvalue weighted by Gasteiger charge is -2.13. The monoisotopic (exact) mass is 362 g/mol. The van der Waals surface area contributed by atoms with Crippen molar-refractivity contribution in [3.8, 4) is 11.5 Å². The maximum absolute atomic E-state index is 12.8. The van der Waals surface area contributed by atoms with E-state index in [0.29, 0.717) is 23.7 Å². The van der Waals surface area contributed by atoms with Gasteiger partial charge in [0.1, 0.15) is 0 Å². The molecule has 0 aliphatic rings. The Balaban J connectivity index is 2.24. The van der Waals surface area contributed by atoms with E-state index in [2.05, 4.69) is 0 Å². The highest BCUT2D eigenvalue weighted by atomic mass is 16.5. The SMILES string of the molecule is CCOC(=O)/C(=C/c1cccc(OC)c1OC)c1cccc2ccccc12. The van der Waals surface area contributed by atoms with Crippen molar-refractivity contribution in [3.63, 3.8) is 0 Å². The lowest BCUT2D eigenvalue weighted by atomic mass is 9.96. The lowest BCUT2D eigenvalue weighted by Crippen LogP contribution is -2.07. The molecule has 0 aliphatic carbocycles. The topological polar surface area (TPSA) is 44.8 Å². The van der Waals surface area contributed by atoms with Crippen LogP contribution >= 0.6 is 0 Å². The fourth-order valence-electron chi connectivity index (χ4n) is 3.10. The van der Waals surface area contributed by atoms with Crippen molar-refractivity contribution in [2.45, 2.75) is 6.92 Å². The molecule has 0 amide bonds. The summed E-state index contributed by atoms with van der Waals surface area (Å²) in [6, 6.07) is 19.4. The van der Waals surface area contributed by atoms with E-state index in [4.69, 9.17) is 14.2 Å². The number of ether oxygens (including phenoxy) is 3. The molecule has 0 radical (unpaired) electrons. The van der Waals surface area contributed by atoms with Crippen molar-refractivity contribution in [2.75, 3.05) is 20.8 Å². The Labute approximate surface area is 159 Å². The molecular weight excluding hydrogens is 340 g/mol. The smallest absolute Gasteiger partial charge is 0.338 e. The molecule has 3 aromatic carbocycles. The number of fused-ring (bicyclic) bond motifs is 1. The summed E-state index contributed by atoms with van der Waals surface area (Å²) in [5, 5.41) is 2.05. The van der Waals surface area contributed by atoms with Crippen LogP contribution < -0.4 is 9.47 Å². The van der Waals surface area contributed by atoms with Gasteiger partial charge in [0.2, 0.25) is 0 Å². The maximum atomic E-state index is 12.8. The Morgan fingerprint density at radius 3 is 2.41 bits per heavy atom. The average Bonchev–Trinajstić information content (AvgIpc) is 2.71. The van der Waals surface area contributed by atoms with E-state index < -0.39 is 0 Å². The van der Waals surface area contributed by atoms with Crippen LogP contribution in [0.4, 0.5) is 0 Å². The molecule has 0 N–H and O–H groups in total. The van der Waals surface area contributed by atoms with Gasteiger partial charge in [-0.15, -0.1) is 0 Å². The summed E-state index contributed by atoms with van der Waals surface area (Å²) < 4.78 is 16.2. The molecule has 4 nitrogen and oxygen atoms in total. The maximum Gasteiger partial charge on any atom is 0.338 e. The van der Waals surface area contributed by atoms with E-state index in [1.807, 2.05) is 60.7 Å². The Morgan fingerprint density at radius 2 is 1.67 bits per heavy atom. The van der Waals surface area contributed by atoms with Crippen LogP contribution in [0, 0.1) is 0 Å². The molecule has 0 aromatic heterocycles. The summed E-state index contributed by atoms with van der Waals surface area (Å²) in [5.74, 6) is 0.799. The van der Waals surface area contributed by atoms with Crippen molar-refractivity contribution in [1.82, 2.24) is 0 Å². The van der Waals surface area contributed by atoms with Crippen LogP contribution in [-0.2, 0) is 9.53 Å². The molecule has 0 bridgehead atoms. The third-order valence-electron chi connectivity index (χ3n) is 4.31. The molecule has 0 saturated heterocycles. The summed E-state index contributed by atoms with van der Waals surface area (Å²) in [5.41, 5.74) is 2.03. The Bertz CT molecular complexity index is 983. The first kappa shape index (κ1) is 18.5. The van der Waals surface area contributed by atoms with Crippen LogP contribution in [0.15, 0.2) is 60.7 Å². The van der Waals surface area contributed by atoms with E-state index in [0.717, 1.165) is 21.9 Å². The van der Waals surface area contributed by atoms with Crippen LogP contribution in [-0.4, -0.2) is 26.8 Å². The fraction of sp³-hybridized carbons (Fsp3) is 0.174. The Morgan fingerprint density at radius 1 is 0.926 bits per heavy atom. The van der Waals surface area contributed by atoms with Gasteiger partial charge in [-0.05, 0) is 35.4 Å². The third-order valence-corrected chi connectivity index (χ3v) is 4.31. The molecule has 0 saturated carbocycles. The molecule has 0 heterocycles. The van der Waals surface area contributed by atoms with Gasteiger partial charge >= 0.3 is 5.97 Å². The van der Waals surface area contributed by atoms with E-state index in [1.165, 1.54) is 0 Å². The van der Waals surface area contributed by atoms with Crippen molar-refractivity contribution in [2.24, 2.45) is 0 Å². The quantitative estimate of drug-likeness (QED) is 0.353. The highest BCUT2D eigenvalue weighted by Crippen LogP contribution is 2.35. The van der Waals surface area contributed by atoms with Crippen LogP contribution in [0.5, 0.6) is 11.5 Å². The number of hydrogen-bond donors (Lipinski definition) is 0. The van der Waals surface area contributed by atoms with Crippen LogP contribution in [0.3, 0.4) is 0 Å². The van der Waals surface area contributed by atoms with Gasteiger partial charge < -0.3 is 14.2 Å². The van der Waals surface area contributed by atoms with Gasteiger partial charge in [-0.2, -0.15) is 0 Å². The normalized spacial score (nSPS) is 11.3. The fourth-order valence-corrected chi connectivity index (χ4v) is 3.10. The molecule has 0 unspecified atom stereocenters. The van der Waals surface area contributed by atoms with E-state index in [9.17, 15) is 4.79 Å². The zero-order valence-corrected chi connectivity index (χ0v) is 15.7. The predicted molar refractivity (Wildman–Crippen MR) is 108 cm³/mol. The van der Waals surface area contributed by atoms with Crippen LogP contribution in [0.25, 0.3) is 22.4 Å². The molecule has 138 valence electrons. The first-order valence-electron chi connectivity index (χ1n) is 8.77. The summed E-state index contributed by atoms with van der Waals surface area (Å²) in [7, 11) is 3.17. The molecule has 3 aromatic rings. The number of benzene rings is 3. The number of para-hydroxylation sites is 1. The van der Waals surface area contributed by atoms with Gasteiger partial charge in [-0.3, -0.25) is 0 Å². The average molecular weight is 362 g/mol. The van der Waals surface area contributed by atoms with Crippen molar-refractivity contribution in [3.05, 3.63) is 71.8 Å². The first-order valence-corrected chi connectivity index (χ1v) is 8.77. The summed E-state index contributed by atoms with van der Waals surface area (Å²) >= 11 is 0. The van der Waals surface area contributed by atoms with Crippen molar-refractivity contribution in [1.29, 1.82) is 0 Å². The molecule has 0 aliphatic heterocycles. The lowest BCUT2D eigenvalue weighted by molar-refractivity contribution is -0.136. The van der Waals surface area contributed by atoms with E-state index >= 15 is 0 Å². The summed E-state index contributed by atoms with van der Waals surface area (Å²) in [6.07, 6.45) is 1.79. The molecule has 3 rings (SSSR count). The third kappa shape index (κ3) is 3.80. The van der Waals surface area contributed by atoms with Gasteiger partial charge in [0.05, 0.1) is 26.4 Å².